The molecule has 0 bridgehead atoms. The summed E-state index contributed by atoms with van der Waals surface area (Å²) >= 11 is 3.50. The van der Waals surface area contributed by atoms with Crippen LogP contribution >= 0.6 is 23.1 Å². The summed E-state index contributed by atoms with van der Waals surface area (Å²) in [5.41, 5.74) is 3.82. The summed E-state index contributed by atoms with van der Waals surface area (Å²) in [5, 5.41) is 4.35. The molecule has 1 nitrogen and oxygen atoms in total. The van der Waals surface area contributed by atoms with E-state index in [2.05, 4.69) is 60.8 Å². The van der Waals surface area contributed by atoms with Crippen molar-refractivity contribution in [3.05, 3.63) is 71.1 Å². The predicted molar refractivity (Wildman–Crippen MR) is 88.3 cm³/mol. The van der Waals surface area contributed by atoms with Gasteiger partial charge in [0.25, 0.3) is 0 Å². The van der Waals surface area contributed by atoms with Gasteiger partial charge in [0.05, 0.1) is 0 Å². The first kappa shape index (κ1) is 13.4. The molecule has 0 saturated carbocycles. The highest BCUT2D eigenvalue weighted by Gasteiger charge is 2.05. The third-order valence-corrected chi connectivity index (χ3v) is 5.03. The molecule has 0 saturated heterocycles. The molecule has 0 aliphatic rings. The molecule has 100 valence electrons. The SMILES string of the molecule is Cc1ccc(-c2nc(SCc3ccccc3)cs2)cc1. The second kappa shape index (κ2) is 6.25. The van der Waals surface area contributed by atoms with Crippen molar-refractivity contribution in [3.63, 3.8) is 0 Å². The Balaban J connectivity index is 1.69. The molecule has 20 heavy (non-hydrogen) atoms. The van der Waals surface area contributed by atoms with Crippen molar-refractivity contribution >= 4 is 23.1 Å². The molecule has 0 N–H and O–H groups in total. The number of aryl methyl sites for hydroxylation is 1. The van der Waals surface area contributed by atoms with Gasteiger partial charge in [-0.3, -0.25) is 0 Å². The molecule has 0 fully saturated rings. The van der Waals surface area contributed by atoms with Gasteiger partial charge >= 0.3 is 0 Å². The summed E-state index contributed by atoms with van der Waals surface area (Å²) in [5.74, 6) is 0.970. The molecule has 3 aromatic rings. The quantitative estimate of drug-likeness (QED) is 0.597. The standard InChI is InChI=1S/C17H15NS2/c1-13-7-9-15(10-8-13)17-18-16(12-20-17)19-11-14-5-3-2-4-6-14/h2-10,12H,11H2,1H3. The highest BCUT2D eigenvalue weighted by molar-refractivity contribution is 7.98. The molecule has 0 radical (unpaired) electrons. The average molecular weight is 297 g/mol. The maximum Gasteiger partial charge on any atom is 0.124 e. The van der Waals surface area contributed by atoms with E-state index in [4.69, 9.17) is 4.98 Å². The van der Waals surface area contributed by atoms with Gasteiger partial charge in [-0.1, -0.05) is 60.2 Å². The number of hydrogen-bond donors (Lipinski definition) is 0. The average Bonchev–Trinajstić information content (AvgIpc) is 2.96. The van der Waals surface area contributed by atoms with Crippen LogP contribution in [0.2, 0.25) is 0 Å². The molecule has 1 aromatic heterocycles. The van der Waals surface area contributed by atoms with Crippen LogP contribution in [0, 0.1) is 6.92 Å². The van der Waals surface area contributed by atoms with Gasteiger partial charge in [-0.05, 0) is 12.5 Å². The van der Waals surface area contributed by atoms with E-state index in [1.165, 1.54) is 16.7 Å². The molecule has 1 heterocycles. The lowest BCUT2D eigenvalue weighted by Crippen LogP contribution is -1.80. The second-order valence-corrected chi connectivity index (χ2v) is 6.48. The first-order chi connectivity index (χ1) is 9.81. The maximum absolute atomic E-state index is 4.71. The topological polar surface area (TPSA) is 12.9 Å². The molecular formula is C17H15NS2. The zero-order valence-electron chi connectivity index (χ0n) is 11.2. The van der Waals surface area contributed by atoms with Crippen molar-refractivity contribution in [2.45, 2.75) is 17.7 Å². The van der Waals surface area contributed by atoms with Crippen molar-refractivity contribution in [3.8, 4) is 10.6 Å². The van der Waals surface area contributed by atoms with E-state index in [1.54, 1.807) is 23.1 Å². The van der Waals surface area contributed by atoms with Crippen LogP contribution in [0.25, 0.3) is 10.6 Å². The van der Waals surface area contributed by atoms with Crippen LogP contribution in [0.15, 0.2) is 65.0 Å². The van der Waals surface area contributed by atoms with E-state index >= 15 is 0 Å². The van der Waals surface area contributed by atoms with Gasteiger partial charge in [0.15, 0.2) is 0 Å². The zero-order valence-corrected chi connectivity index (χ0v) is 12.9. The Morgan fingerprint density at radius 2 is 1.75 bits per heavy atom. The molecule has 3 rings (SSSR count). The molecule has 0 amide bonds. The monoisotopic (exact) mass is 297 g/mol. The Labute approximate surface area is 127 Å². The summed E-state index contributed by atoms with van der Waals surface area (Å²) in [6.07, 6.45) is 0. The van der Waals surface area contributed by atoms with Crippen molar-refractivity contribution < 1.29 is 0 Å². The molecule has 2 aromatic carbocycles. The molecule has 0 unspecified atom stereocenters. The van der Waals surface area contributed by atoms with Gasteiger partial charge < -0.3 is 0 Å². The Morgan fingerprint density at radius 3 is 2.50 bits per heavy atom. The van der Waals surface area contributed by atoms with Crippen molar-refractivity contribution in [2.24, 2.45) is 0 Å². The fourth-order valence-electron chi connectivity index (χ4n) is 1.89. The number of aromatic nitrogens is 1. The second-order valence-electron chi connectivity index (χ2n) is 4.63. The van der Waals surface area contributed by atoms with E-state index in [0.29, 0.717) is 0 Å². The van der Waals surface area contributed by atoms with E-state index < -0.39 is 0 Å². The van der Waals surface area contributed by atoms with Crippen molar-refractivity contribution in [2.75, 3.05) is 0 Å². The largest absolute Gasteiger partial charge is 0.230 e. The lowest BCUT2D eigenvalue weighted by atomic mass is 10.2. The normalized spacial score (nSPS) is 10.7. The minimum Gasteiger partial charge on any atom is -0.230 e. The minimum absolute atomic E-state index is 0.970. The Kier molecular flexibility index (Phi) is 4.19. The molecule has 3 heteroatoms. The Morgan fingerprint density at radius 1 is 1.00 bits per heavy atom. The first-order valence-electron chi connectivity index (χ1n) is 6.50. The fraction of sp³-hybridized carbons (Fsp3) is 0.118. The number of hydrogen-bond acceptors (Lipinski definition) is 3. The first-order valence-corrected chi connectivity index (χ1v) is 8.37. The summed E-state index contributed by atoms with van der Waals surface area (Å²) in [6.45, 7) is 2.10. The van der Waals surface area contributed by atoms with Crippen molar-refractivity contribution in [1.82, 2.24) is 4.98 Å². The number of thiazole rings is 1. The molecule has 0 spiro atoms. The third-order valence-electron chi connectivity index (χ3n) is 3.01. The van der Waals surface area contributed by atoms with Crippen LogP contribution in [-0.2, 0) is 5.75 Å². The zero-order chi connectivity index (χ0) is 13.8. The lowest BCUT2D eigenvalue weighted by molar-refractivity contribution is 1.20. The van der Waals surface area contributed by atoms with Crippen LogP contribution < -0.4 is 0 Å². The smallest absolute Gasteiger partial charge is 0.124 e. The summed E-state index contributed by atoms with van der Waals surface area (Å²) in [4.78, 5) is 4.71. The summed E-state index contributed by atoms with van der Waals surface area (Å²) in [6, 6.07) is 19.1. The van der Waals surface area contributed by atoms with E-state index in [-0.39, 0.29) is 0 Å². The number of rotatable bonds is 4. The molecule has 0 atom stereocenters. The molecule has 0 aliphatic carbocycles. The van der Waals surface area contributed by atoms with Crippen LogP contribution in [0.1, 0.15) is 11.1 Å². The van der Waals surface area contributed by atoms with E-state index in [1.807, 2.05) is 6.07 Å². The fourth-order valence-corrected chi connectivity index (χ4v) is 3.71. The molecular weight excluding hydrogens is 282 g/mol. The lowest BCUT2D eigenvalue weighted by Gasteiger charge is -1.98. The number of thioether (sulfide) groups is 1. The summed E-state index contributed by atoms with van der Waals surface area (Å²) in [7, 11) is 0. The predicted octanol–water partition coefficient (Wildman–Crippen LogP) is 5.41. The van der Waals surface area contributed by atoms with Gasteiger partial charge in [-0.2, -0.15) is 0 Å². The van der Waals surface area contributed by atoms with Gasteiger partial charge in [-0.25, -0.2) is 4.98 Å². The number of nitrogens with zero attached hydrogens (tertiary/aromatic N) is 1. The van der Waals surface area contributed by atoms with Gasteiger partial charge in [0, 0.05) is 16.7 Å². The van der Waals surface area contributed by atoms with Crippen LogP contribution in [0.3, 0.4) is 0 Å². The highest BCUT2D eigenvalue weighted by Crippen LogP contribution is 2.30. The third kappa shape index (κ3) is 3.30. The van der Waals surface area contributed by atoms with Crippen LogP contribution in [-0.4, -0.2) is 4.98 Å². The number of benzene rings is 2. The van der Waals surface area contributed by atoms with Gasteiger partial charge in [-0.15, -0.1) is 23.1 Å². The minimum atomic E-state index is 0.970. The Bertz CT molecular complexity index is 672. The van der Waals surface area contributed by atoms with E-state index in [0.717, 1.165) is 15.8 Å². The summed E-state index contributed by atoms with van der Waals surface area (Å²) < 4.78 is 0. The van der Waals surface area contributed by atoms with Crippen LogP contribution in [0.5, 0.6) is 0 Å². The van der Waals surface area contributed by atoms with Crippen LogP contribution in [0.4, 0.5) is 0 Å². The Hall–Kier alpha value is -1.58. The highest BCUT2D eigenvalue weighted by atomic mass is 32.2. The maximum atomic E-state index is 4.71. The molecule has 0 aliphatic heterocycles. The van der Waals surface area contributed by atoms with Gasteiger partial charge in [0.1, 0.15) is 10.0 Å². The van der Waals surface area contributed by atoms with Crippen molar-refractivity contribution in [1.29, 1.82) is 0 Å². The van der Waals surface area contributed by atoms with Gasteiger partial charge in [0.2, 0.25) is 0 Å². The van der Waals surface area contributed by atoms with E-state index in [9.17, 15) is 0 Å².